The van der Waals surface area contributed by atoms with E-state index in [0.29, 0.717) is 12.1 Å². The Hall–Kier alpha value is -0.770. The number of benzene rings is 1. The van der Waals surface area contributed by atoms with E-state index in [9.17, 15) is 0 Å². The zero-order valence-corrected chi connectivity index (χ0v) is 13.7. The lowest BCUT2D eigenvalue weighted by Crippen LogP contribution is -2.41. The lowest BCUT2D eigenvalue weighted by atomic mass is 10.1. The van der Waals surface area contributed by atoms with Gasteiger partial charge in [-0.2, -0.15) is 0 Å². The minimum absolute atomic E-state index is 0.588. The quantitative estimate of drug-likeness (QED) is 0.923. The molecule has 1 saturated carbocycles. The first-order valence-corrected chi connectivity index (χ1v) is 8.35. The van der Waals surface area contributed by atoms with Crippen LogP contribution >= 0.6 is 11.6 Å². The molecule has 4 heteroatoms. The molecule has 116 valence electrons. The number of ether oxygens (including phenoxy) is 1. The fraction of sp³-hybridized carbons (Fsp3) is 0.647. The van der Waals surface area contributed by atoms with Crippen LogP contribution in [0.3, 0.4) is 0 Å². The van der Waals surface area contributed by atoms with Crippen LogP contribution < -0.4 is 10.1 Å². The number of nitrogens with one attached hydrogen (secondary N) is 1. The van der Waals surface area contributed by atoms with Crippen molar-refractivity contribution >= 4 is 11.6 Å². The number of hydrogen-bond acceptors (Lipinski definition) is 3. The molecule has 21 heavy (non-hydrogen) atoms. The van der Waals surface area contributed by atoms with Gasteiger partial charge in [0.05, 0.1) is 7.11 Å². The van der Waals surface area contributed by atoms with Gasteiger partial charge in [-0.3, -0.25) is 4.90 Å². The first-order valence-electron chi connectivity index (χ1n) is 7.97. The molecule has 1 saturated heterocycles. The van der Waals surface area contributed by atoms with Crippen molar-refractivity contribution in [3.8, 4) is 5.75 Å². The first kappa shape index (κ1) is 15.1. The summed E-state index contributed by atoms with van der Waals surface area (Å²) in [6, 6.07) is 7.14. The van der Waals surface area contributed by atoms with Crippen LogP contribution in [-0.4, -0.2) is 37.2 Å². The van der Waals surface area contributed by atoms with Crippen molar-refractivity contribution in [2.24, 2.45) is 5.92 Å². The largest absolute Gasteiger partial charge is 0.496 e. The number of halogens is 1. The van der Waals surface area contributed by atoms with Gasteiger partial charge in [0.25, 0.3) is 0 Å². The average Bonchev–Trinajstić information content (AvgIpc) is 3.29. The molecule has 1 aliphatic heterocycles. The van der Waals surface area contributed by atoms with Crippen molar-refractivity contribution in [3.05, 3.63) is 28.8 Å². The van der Waals surface area contributed by atoms with E-state index in [4.69, 9.17) is 16.3 Å². The van der Waals surface area contributed by atoms with Crippen LogP contribution in [0.25, 0.3) is 0 Å². The molecule has 2 aliphatic rings. The second-order valence-electron chi connectivity index (χ2n) is 6.42. The van der Waals surface area contributed by atoms with E-state index >= 15 is 0 Å². The van der Waals surface area contributed by atoms with Gasteiger partial charge in [-0.05, 0) is 56.8 Å². The van der Waals surface area contributed by atoms with Crippen molar-refractivity contribution in [2.75, 3.05) is 20.2 Å². The molecule has 3 nitrogen and oxygen atoms in total. The van der Waals surface area contributed by atoms with Crippen LogP contribution in [0.15, 0.2) is 18.2 Å². The van der Waals surface area contributed by atoms with E-state index in [-0.39, 0.29) is 0 Å². The van der Waals surface area contributed by atoms with Crippen molar-refractivity contribution in [1.82, 2.24) is 10.2 Å². The Morgan fingerprint density at radius 1 is 1.33 bits per heavy atom. The third kappa shape index (κ3) is 3.71. The fourth-order valence-corrected chi connectivity index (χ4v) is 3.48. The van der Waals surface area contributed by atoms with E-state index < -0.39 is 0 Å². The first-order chi connectivity index (χ1) is 10.2. The highest BCUT2D eigenvalue weighted by molar-refractivity contribution is 6.30. The molecule has 1 N–H and O–H groups in total. The molecule has 1 aromatic carbocycles. The van der Waals surface area contributed by atoms with Crippen LogP contribution in [0, 0.1) is 5.92 Å². The van der Waals surface area contributed by atoms with E-state index in [1.54, 1.807) is 7.11 Å². The molecule has 3 rings (SSSR count). The highest BCUT2D eigenvalue weighted by atomic mass is 35.5. The van der Waals surface area contributed by atoms with Gasteiger partial charge in [0, 0.05) is 35.8 Å². The summed E-state index contributed by atoms with van der Waals surface area (Å²) in [6.07, 6.45) is 3.98. The Balaban J connectivity index is 1.76. The summed E-state index contributed by atoms with van der Waals surface area (Å²) in [5.74, 6) is 1.82. The molecule has 0 aromatic heterocycles. The molecular weight excluding hydrogens is 284 g/mol. The number of nitrogens with zero attached hydrogens (tertiary/aromatic N) is 1. The van der Waals surface area contributed by atoms with Crippen molar-refractivity contribution < 1.29 is 4.74 Å². The second-order valence-corrected chi connectivity index (χ2v) is 6.86. The van der Waals surface area contributed by atoms with E-state index in [1.165, 1.54) is 24.8 Å². The zero-order chi connectivity index (χ0) is 14.8. The molecular formula is C17H25ClN2O. The summed E-state index contributed by atoms with van der Waals surface area (Å²) in [7, 11) is 1.73. The summed E-state index contributed by atoms with van der Waals surface area (Å²) >= 11 is 6.16. The van der Waals surface area contributed by atoms with Gasteiger partial charge >= 0.3 is 0 Å². The fourth-order valence-electron chi connectivity index (χ4n) is 3.28. The molecule has 2 unspecified atom stereocenters. The normalized spacial score (nSPS) is 27.4. The minimum Gasteiger partial charge on any atom is -0.496 e. The highest BCUT2D eigenvalue weighted by Crippen LogP contribution is 2.34. The Morgan fingerprint density at radius 3 is 2.86 bits per heavy atom. The smallest absolute Gasteiger partial charge is 0.123 e. The summed E-state index contributed by atoms with van der Waals surface area (Å²) in [5.41, 5.74) is 1.19. The summed E-state index contributed by atoms with van der Waals surface area (Å²) in [6.45, 7) is 5.50. The third-order valence-electron chi connectivity index (χ3n) is 4.83. The Morgan fingerprint density at radius 2 is 2.14 bits per heavy atom. The molecule has 0 bridgehead atoms. The lowest BCUT2D eigenvalue weighted by molar-refractivity contribution is 0.188. The van der Waals surface area contributed by atoms with Crippen molar-refractivity contribution in [1.29, 1.82) is 0 Å². The van der Waals surface area contributed by atoms with Gasteiger partial charge in [0.2, 0.25) is 0 Å². The predicted octanol–water partition coefficient (Wildman–Crippen LogP) is 3.31. The van der Waals surface area contributed by atoms with Crippen LogP contribution in [0.2, 0.25) is 5.02 Å². The SMILES string of the molecule is COc1ccc(Cl)cc1CN1CC(C2CC2)NCCC1C. The Labute approximate surface area is 132 Å². The standard InChI is InChI=1S/C17H25ClN2O/c1-12-7-8-19-16(13-3-4-13)11-20(12)10-14-9-15(18)5-6-17(14)21-2/h5-6,9,12-13,16,19H,3-4,7-8,10-11H2,1-2H3. The van der Waals surface area contributed by atoms with Crippen LogP contribution in [0.1, 0.15) is 31.7 Å². The third-order valence-corrected chi connectivity index (χ3v) is 5.07. The molecule has 2 fully saturated rings. The lowest BCUT2D eigenvalue weighted by Gasteiger charge is -2.29. The highest BCUT2D eigenvalue weighted by Gasteiger charge is 2.34. The molecule has 0 spiro atoms. The van der Waals surface area contributed by atoms with Gasteiger partial charge in [0.15, 0.2) is 0 Å². The summed E-state index contributed by atoms with van der Waals surface area (Å²) < 4.78 is 5.49. The predicted molar refractivity (Wildman–Crippen MR) is 87.0 cm³/mol. The van der Waals surface area contributed by atoms with Crippen molar-refractivity contribution in [2.45, 2.75) is 44.8 Å². The van der Waals surface area contributed by atoms with Gasteiger partial charge in [-0.15, -0.1) is 0 Å². The molecule has 1 aliphatic carbocycles. The van der Waals surface area contributed by atoms with Crippen LogP contribution in [0.5, 0.6) is 5.75 Å². The maximum Gasteiger partial charge on any atom is 0.123 e. The number of rotatable bonds is 4. The topological polar surface area (TPSA) is 24.5 Å². The average molecular weight is 309 g/mol. The van der Waals surface area contributed by atoms with Gasteiger partial charge < -0.3 is 10.1 Å². The maximum absolute atomic E-state index is 6.16. The van der Waals surface area contributed by atoms with Gasteiger partial charge in [-0.25, -0.2) is 0 Å². The van der Waals surface area contributed by atoms with Gasteiger partial charge in [-0.1, -0.05) is 11.6 Å². The number of methoxy groups -OCH3 is 1. The Bertz CT molecular complexity index is 490. The van der Waals surface area contributed by atoms with E-state index in [0.717, 1.165) is 36.3 Å². The summed E-state index contributed by atoms with van der Waals surface area (Å²) in [4.78, 5) is 2.58. The van der Waals surface area contributed by atoms with E-state index in [1.807, 2.05) is 18.2 Å². The summed E-state index contributed by atoms with van der Waals surface area (Å²) in [5, 5.41) is 4.51. The van der Waals surface area contributed by atoms with Crippen LogP contribution in [0.4, 0.5) is 0 Å². The Kier molecular flexibility index (Phi) is 4.72. The second kappa shape index (κ2) is 6.55. The molecule has 2 atom stereocenters. The molecule has 1 aromatic rings. The van der Waals surface area contributed by atoms with Gasteiger partial charge in [0.1, 0.15) is 5.75 Å². The molecule has 0 amide bonds. The maximum atomic E-state index is 6.16. The molecule has 1 heterocycles. The van der Waals surface area contributed by atoms with Crippen molar-refractivity contribution in [3.63, 3.8) is 0 Å². The van der Waals surface area contributed by atoms with E-state index in [2.05, 4.69) is 17.1 Å². The van der Waals surface area contributed by atoms with Crippen LogP contribution in [-0.2, 0) is 6.54 Å². The molecule has 0 radical (unpaired) electrons. The zero-order valence-electron chi connectivity index (χ0n) is 12.9. The minimum atomic E-state index is 0.588. The monoisotopic (exact) mass is 308 g/mol. The number of hydrogen-bond donors (Lipinski definition) is 1.